The highest BCUT2D eigenvalue weighted by atomic mass is 35.5. The second kappa shape index (κ2) is 8.52. The van der Waals surface area contributed by atoms with E-state index in [4.69, 9.17) is 33.1 Å². The topological polar surface area (TPSA) is 52.2 Å². The number of fused-ring (bicyclic) bond motifs is 1. The quantitative estimate of drug-likeness (QED) is 0.877. The predicted molar refractivity (Wildman–Crippen MR) is 96.5 cm³/mol. The van der Waals surface area contributed by atoms with Gasteiger partial charge in [0, 0.05) is 17.9 Å². The summed E-state index contributed by atoms with van der Waals surface area (Å²) in [7, 11) is 2.03. The van der Waals surface area contributed by atoms with Crippen LogP contribution in [0.5, 0.6) is 0 Å². The highest BCUT2D eigenvalue weighted by Crippen LogP contribution is 2.42. The third-order valence-corrected chi connectivity index (χ3v) is 4.92. The summed E-state index contributed by atoms with van der Waals surface area (Å²) in [6, 6.07) is 15.1. The Kier molecular flexibility index (Phi) is 6.67. The van der Waals surface area contributed by atoms with E-state index in [2.05, 4.69) is 35.6 Å². The summed E-state index contributed by atoms with van der Waals surface area (Å²) in [6.45, 7) is 0.972. The van der Waals surface area contributed by atoms with Crippen molar-refractivity contribution in [1.29, 1.82) is 0 Å². The molecule has 128 valence electrons. The first-order chi connectivity index (χ1) is 11.4. The molecule has 0 aliphatic heterocycles. The molecule has 5 heteroatoms. The van der Waals surface area contributed by atoms with Crippen molar-refractivity contribution in [3.8, 4) is 0 Å². The average Bonchev–Trinajstić information content (AvgIpc) is 2.56. The third-order valence-electron chi connectivity index (χ3n) is 4.19. The third kappa shape index (κ3) is 4.50. The van der Waals surface area contributed by atoms with Crippen LogP contribution in [0, 0.1) is 0 Å². The molecular weight excluding hydrogens is 345 g/mol. The fourth-order valence-corrected chi connectivity index (χ4v) is 3.47. The Morgan fingerprint density at radius 3 is 2.29 bits per heavy atom. The predicted octanol–water partition coefficient (Wildman–Crippen LogP) is 3.94. The number of carboxylic acids is 1. The molecule has 2 aromatic rings. The summed E-state index contributed by atoms with van der Waals surface area (Å²) in [4.78, 5) is 8.89. The van der Waals surface area contributed by atoms with Gasteiger partial charge >= 0.3 is 0 Å². The summed E-state index contributed by atoms with van der Waals surface area (Å²) in [5.41, 5.74) is 4.05. The molecule has 2 aromatic carbocycles. The zero-order valence-electron chi connectivity index (χ0n) is 13.7. The van der Waals surface area contributed by atoms with E-state index in [1.807, 2.05) is 19.2 Å². The number of halogens is 2. The molecule has 3 nitrogen and oxygen atoms in total. The van der Waals surface area contributed by atoms with E-state index in [0.29, 0.717) is 22.0 Å². The Bertz CT molecular complexity index is 714. The molecule has 0 amide bonds. The normalized spacial score (nSPS) is 19.0. The van der Waals surface area contributed by atoms with Crippen LogP contribution >= 0.6 is 23.2 Å². The first kappa shape index (κ1) is 18.8. The van der Waals surface area contributed by atoms with Crippen LogP contribution in [0.3, 0.4) is 0 Å². The number of hydrogen-bond donors (Lipinski definition) is 1. The molecular formula is C19H20Cl2NO2-. The fraction of sp³-hybridized carbons (Fsp3) is 0.316. The first-order valence-electron chi connectivity index (χ1n) is 7.82. The van der Waals surface area contributed by atoms with Gasteiger partial charge < -0.3 is 15.2 Å². The zero-order chi connectivity index (χ0) is 17.7. The number of carboxylic acid groups (broad SMARTS) is 1. The van der Waals surface area contributed by atoms with Crippen LogP contribution in [-0.2, 0) is 4.79 Å². The van der Waals surface area contributed by atoms with Crippen molar-refractivity contribution in [2.24, 2.45) is 0 Å². The average molecular weight is 365 g/mol. The van der Waals surface area contributed by atoms with E-state index in [9.17, 15) is 0 Å². The molecule has 1 N–H and O–H groups in total. The Balaban J connectivity index is 0.000000471. The second-order valence-electron chi connectivity index (χ2n) is 5.77. The van der Waals surface area contributed by atoms with Gasteiger partial charge in [-0.3, -0.25) is 0 Å². The van der Waals surface area contributed by atoms with Crippen molar-refractivity contribution in [1.82, 2.24) is 5.32 Å². The summed E-state index contributed by atoms with van der Waals surface area (Å²) in [6.07, 6.45) is 2.26. The molecule has 1 aliphatic carbocycles. The lowest BCUT2D eigenvalue weighted by atomic mass is 9.77. The van der Waals surface area contributed by atoms with Gasteiger partial charge in [0.1, 0.15) is 0 Å². The Morgan fingerprint density at radius 2 is 1.71 bits per heavy atom. The lowest BCUT2D eigenvalue weighted by Gasteiger charge is -2.32. The SMILES string of the molecule is CC(=O)[O-].CN[C@H]1CC[C@@H](c2ccc(Cl)c(Cl)c2)c2ccccc21. The highest BCUT2D eigenvalue weighted by Gasteiger charge is 2.27. The largest absolute Gasteiger partial charge is 0.550 e. The van der Waals surface area contributed by atoms with Gasteiger partial charge in [-0.05, 0) is 55.6 Å². The monoisotopic (exact) mass is 364 g/mol. The molecule has 3 rings (SSSR count). The molecule has 0 heterocycles. The maximum absolute atomic E-state index is 8.89. The van der Waals surface area contributed by atoms with E-state index < -0.39 is 5.97 Å². The highest BCUT2D eigenvalue weighted by molar-refractivity contribution is 6.42. The smallest absolute Gasteiger partial charge is 0.0595 e. The first-order valence-corrected chi connectivity index (χ1v) is 8.58. The van der Waals surface area contributed by atoms with E-state index in [-0.39, 0.29) is 0 Å². The van der Waals surface area contributed by atoms with Crippen molar-refractivity contribution in [2.75, 3.05) is 7.05 Å². The number of rotatable bonds is 2. The summed E-state index contributed by atoms with van der Waals surface area (Å²) in [5.74, 6) is -0.675. The summed E-state index contributed by atoms with van der Waals surface area (Å²) < 4.78 is 0. The molecule has 0 spiro atoms. The number of aliphatic carboxylic acids is 1. The molecule has 0 saturated heterocycles. The molecule has 0 radical (unpaired) electrons. The lowest BCUT2D eigenvalue weighted by molar-refractivity contribution is -0.302. The van der Waals surface area contributed by atoms with Gasteiger partial charge in [-0.1, -0.05) is 53.5 Å². The number of carbonyl (C=O) groups is 1. The van der Waals surface area contributed by atoms with Gasteiger partial charge in [0.25, 0.3) is 0 Å². The van der Waals surface area contributed by atoms with E-state index in [1.54, 1.807) is 0 Å². The standard InChI is InChI=1S/C17H17Cl2N.C2H4O2/c1-20-17-9-7-12(13-4-2-3-5-14(13)17)11-6-8-15(18)16(19)10-11;1-2(3)4/h2-6,8,10,12,17,20H,7,9H2,1H3;1H3,(H,3,4)/p-1/t12-,17-;/m0./s1. The minimum absolute atomic E-state index is 0.408. The van der Waals surface area contributed by atoms with E-state index >= 15 is 0 Å². The van der Waals surface area contributed by atoms with Gasteiger partial charge in [-0.15, -0.1) is 0 Å². The molecule has 0 bridgehead atoms. The van der Waals surface area contributed by atoms with Gasteiger partial charge in [0.05, 0.1) is 10.0 Å². The molecule has 0 saturated carbocycles. The van der Waals surface area contributed by atoms with Crippen LogP contribution < -0.4 is 10.4 Å². The van der Waals surface area contributed by atoms with Gasteiger partial charge in [-0.2, -0.15) is 0 Å². The molecule has 1 aliphatic rings. The number of carbonyl (C=O) groups excluding carboxylic acids is 1. The Hall–Kier alpha value is -1.55. The summed E-state index contributed by atoms with van der Waals surface area (Å²) in [5, 5.41) is 13.5. The van der Waals surface area contributed by atoms with Crippen LogP contribution in [0.15, 0.2) is 42.5 Å². The van der Waals surface area contributed by atoms with Gasteiger partial charge in [0.15, 0.2) is 0 Å². The van der Waals surface area contributed by atoms with Crippen molar-refractivity contribution < 1.29 is 9.90 Å². The van der Waals surface area contributed by atoms with E-state index in [1.165, 1.54) is 16.7 Å². The lowest BCUT2D eigenvalue weighted by Crippen LogP contribution is -2.24. The zero-order valence-corrected chi connectivity index (χ0v) is 15.2. The number of nitrogens with one attached hydrogen (secondary N) is 1. The van der Waals surface area contributed by atoms with Crippen LogP contribution in [-0.4, -0.2) is 13.0 Å². The number of benzene rings is 2. The second-order valence-corrected chi connectivity index (χ2v) is 6.58. The minimum Gasteiger partial charge on any atom is -0.550 e. The van der Waals surface area contributed by atoms with Crippen LogP contribution in [0.2, 0.25) is 10.0 Å². The van der Waals surface area contributed by atoms with Crippen LogP contribution in [0.25, 0.3) is 0 Å². The molecule has 24 heavy (non-hydrogen) atoms. The summed E-state index contributed by atoms with van der Waals surface area (Å²) >= 11 is 12.2. The molecule has 0 aromatic heterocycles. The molecule has 0 fully saturated rings. The fourth-order valence-electron chi connectivity index (χ4n) is 3.17. The van der Waals surface area contributed by atoms with Gasteiger partial charge in [-0.25, -0.2) is 0 Å². The van der Waals surface area contributed by atoms with Crippen molar-refractivity contribution in [3.05, 3.63) is 69.2 Å². The maximum Gasteiger partial charge on any atom is 0.0595 e. The molecule has 2 atom stereocenters. The maximum atomic E-state index is 8.89. The van der Waals surface area contributed by atoms with E-state index in [0.717, 1.165) is 19.8 Å². The van der Waals surface area contributed by atoms with Gasteiger partial charge in [0.2, 0.25) is 0 Å². The van der Waals surface area contributed by atoms with Crippen molar-refractivity contribution >= 4 is 29.2 Å². The van der Waals surface area contributed by atoms with Crippen LogP contribution in [0.1, 0.15) is 48.4 Å². The number of hydrogen-bond acceptors (Lipinski definition) is 3. The van der Waals surface area contributed by atoms with Crippen molar-refractivity contribution in [2.45, 2.75) is 31.7 Å². The Labute approximate surface area is 152 Å². The van der Waals surface area contributed by atoms with Crippen LogP contribution in [0.4, 0.5) is 0 Å². The molecule has 0 unspecified atom stereocenters. The minimum atomic E-state index is -1.08. The Morgan fingerprint density at radius 1 is 1.08 bits per heavy atom. The van der Waals surface area contributed by atoms with Crippen molar-refractivity contribution in [3.63, 3.8) is 0 Å².